The summed E-state index contributed by atoms with van der Waals surface area (Å²) in [5.41, 5.74) is -0.593. The monoisotopic (exact) mass is 509 g/mol. The van der Waals surface area contributed by atoms with Crippen LogP contribution in [0.2, 0.25) is 0 Å². The number of nitro groups is 1. The Morgan fingerprint density at radius 1 is 1.15 bits per heavy atom. The van der Waals surface area contributed by atoms with E-state index in [2.05, 4.69) is 0 Å². The van der Waals surface area contributed by atoms with Crippen LogP contribution in [0.25, 0.3) is 0 Å². The second kappa shape index (κ2) is 14.3. The van der Waals surface area contributed by atoms with Gasteiger partial charge in [-0.1, -0.05) is 25.7 Å². The Morgan fingerprint density at radius 2 is 1.74 bits per heavy atom. The summed E-state index contributed by atoms with van der Waals surface area (Å²) in [7, 11) is 1.11. The highest BCUT2D eigenvalue weighted by Crippen LogP contribution is 2.45. The third-order valence-corrected chi connectivity index (χ3v) is 5.69. The third kappa shape index (κ3) is 13.6. The molecule has 34 heavy (non-hydrogen) atoms. The highest BCUT2D eigenvalue weighted by molar-refractivity contribution is 7.47. The minimum atomic E-state index is -4.36. The Morgan fingerprint density at radius 3 is 2.26 bits per heavy atom. The number of halogens is 1. The maximum absolute atomic E-state index is 13.5. The van der Waals surface area contributed by atoms with E-state index >= 15 is 0 Å². The molecule has 13 heteroatoms. The van der Waals surface area contributed by atoms with Gasteiger partial charge in [0.2, 0.25) is 5.82 Å². The van der Waals surface area contributed by atoms with Crippen LogP contribution in [-0.4, -0.2) is 72.4 Å². The van der Waals surface area contributed by atoms with Crippen molar-refractivity contribution in [2.75, 3.05) is 40.9 Å². The predicted molar refractivity (Wildman–Crippen MR) is 122 cm³/mol. The van der Waals surface area contributed by atoms with E-state index in [-0.39, 0.29) is 18.9 Å². The van der Waals surface area contributed by atoms with Crippen LogP contribution in [0.4, 0.5) is 10.1 Å². The van der Waals surface area contributed by atoms with Gasteiger partial charge in [0.05, 0.1) is 45.7 Å². The van der Waals surface area contributed by atoms with Crippen LogP contribution in [0.1, 0.15) is 44.9 Å². The molecule has 1 rings (SSSR count). The molecule has 0 aliphatic heterocycles. The molecule has 0 bridgehead atoms. The van der Waals surface area contributed by atoms with Crippen molar-refractivity contribution in [1.82, 2.24) is 0 Å². The van der Waals surface area contributed by atoms with Gasteiger partial charge in [-0.2, -0.15) is 4.39 Å². The van der Waals surface area contributed by atoms with E-state index < -0.39 is 42.7 Å². The number of hydrogen-bond acceptors (Lipinski definition) is 7. The van der Waals surface area contributed by atoms with Gasteiger partial charge in [0.15, 0.2) is 0 Å². The number of aliphatic carboxylic acids is 1. The summed E-state index contributed by atoms with van der Waals surface area (Å²) >= 11 is 0. The van der Waals surface area contributed by atoms with Crippen molar-refractivity contribution in [3.05, 3.63) is 34.1 Å². The number of unbranched alkanes of at least 4 members (excludes halogenated alkanes) is 5. The molecule has 0 heterocycles. The summed E-state index contributed by atoms with van der Waals surface area (Å²) in [5.74, 6) is -1.82. The Kier molecular flexibility index (Phi) is 12.6. The van der Waals surface area contributed by atoms with Gasteiger partial charge in [0.25, 0.3) is 0 Å². The molecule has 0 radical (unpaired) electrons. The second-order valence-electron chi connectivity index (χ2n) is 8.94. The highest BCUT2D eigenvalue weighted by atomic mass is 31.2. The van der Waals surface area contributed by atoms with Crippen molar-refractivity contribution in [3.8, 4) is 5.75 Å². The lowest BCUT2D eigenvalue weighted by molar-refractivity contribution is -0.873. The van der Waals surface area contributed by atoms with Gasteiger partial charge in [-0.3, -0.25) is 24.0 Å². The van der Waals surface area contributed by atoms with E-state index in [1.807, 2.05) is 21.1 Å². The largest absolute Gasteiger partial charge is 0.493 e. The number of phosphoric ester groups is 1. The summed E-state index contributed by atoms with van der Waals surface area (Å²) in [6, 6.07) is 3.42. The van der Waals surface area contributed by atoms with Crippen molar-refractivity contribution in [2.24, 2.45) is 0 Å². The molecular formula is C21H35FN2O9P+. The summed E-state index contributed by atoms with van der Waals surface area (Å²) in [6.45, 7) is 0.617. The summed E-state index contributed by atoms with van der Waals surface area (Å²) in [4.78, 5) is 30.7. The summed E-state index contributed by atoms with van der Waals surface area (Å²) in [5, 5.41) is 19.6. The zero-order valence-electron chi connectivity index (χ0n) is 19.9. The number of carboxylic acids is 1. The van der Waals surface area contributed by atoms with E-state index in [9.17, 15) is 28.8 Å². The Balaban J connectivity index is 2.17. The molecular weight excluding hydrogens is 474 g/mol. The van der Waals surface area contributed by atoms with Crippen LogP contribution < -0.4 is 4.74 Å². The molecule has 11 nitrogen and oxygen atoms in total. The number of hydrogen-bond donors (Lipinski definition) is 2. The standard InChI is InChI=1S/C21H34FN2O9P/c1-24(2,3)16-18(15-21(25)26)33-34(29,30)32-13-9-7-5-4-6-8-12-31-17-10-11-20(23(27)28)19(22)14-17/h10-11,14,18H,4-9,12-13,15-16H2,1-3H3,(H-,25,26,29,30)/p+1. The van der Waals surface area contributed by atoms with Crippen molar-refractivity contribution in [2.45, 2.75) is 51.0 Å². The molecule has 0 saturated heterocycles. The Hall–Kier alpha value is -2.11. The number of ether oxygens (including phenoxy) is 1. The van der Waals surface area contributed by atoms with Crippen LogP contribution in [-0.2, 0) is 18.4 Å². The number of quaternary nitrogens is 1. The first kappa shape index (κ1) is 29.9. The topological polar surface area (TPSA) is 145 Å². The van der Waals surface area contributed by atoms with E-state index in [0.717, 1.165) is 44.2 Å². The maximum Gasteiger partial charge on any atom is 0.472 e. The Bertz CT molecular complexity index is 848. The first-order valence-electron chi connectivity index (χ1n) is 11.0. The lowest BCUT2D eigenvalue weighted by Crippen LogP contribution is -2.42. The highest BCUT2D eigenvalue weighted by Gasteiger charge is 2.31. The number of carboxylic acid groups (broad SMARTS) is 1. The van der Waals surface area contributed by atoms with Gasteiger partial charge in [-0.05, 0) is 18.9 Å². The number of phosphoric acid groups is 1. The molecule has 0 saturated carbocycles. The number of benzene rings is 1. The van der Waals surface area contributed by atoms with Crippen LogP contribution in [0, 0.1) is 15.9 Å². The SMILES string of the molecule is C[N+](C)(C)CC(CC(=O)O)OP(=O)(O)OCCCCCCCCOc1ccc([N+](=O)[O-])c(F)c1. The van der Waals surface area contributed by atoms with Gasteiger partial charge in [-0.15, -0.1) is 0 Å². The smallest absolute Gasteiger partial charge is 0.472 e. The average Bonchev–Trinajstić information content (AvgIpc) is 2.66. The number of nitrogens with zero attached hydrogens (tertiary/aromatic N) is 2. The number of likely N-dealkylation sites (N-methyl/N-ethyl adjacent to an activating group) is 1. The van der Waals surface area contributed by atoms with Crippen molar-refractivity contribution in [3.63, 3.8) is 0 Å². The molecule has 2 atom stereocenters. The van der Waals surface area contributed by atoms with Crippen LogP contribution in [0.15, 0.2) is 18.2 Å². The van der Waals surface area contributed by atoms with E-state index in [0.29, 0.717) is 17.5 Å². The molecule has 0 amide bonds. The molecule has 0 aliphatic carbocycles. The van der Waals surface area contributed by atoms with Gasteiger partial charge in [0, 0.05) is 12.1 Å². The minimum Gasteiger partial charge on any atom is -0.493 e. The summed E-state index contributed by atoms with van der Waals surface area (Å²) in [6.07, 6.45) is 3.33. The fourth-order valence-corrected chi connectivity index (χ4v) is 4.10. The lowest BCUT2D eigenvalue weighted by atomic mass is 10.1. The predicted octanol–water partition coefficient (Wildman–Crippen LogP) is 4.14. The number of carbonyl (C=O) groups is 1. The normalized spacial score (nSPS) is 14.4. The van der Waals surface area contributed by atoms with E-state index in [4.69, 9.17) is 18.9 Å². The molecule has 1 aromatic carbocycles. The quantitative estimate of drug-likeness (QED) is 0.0980. The molecule has 2 unspecified atom stereocenters. The molecule has 1 aromatic rings. The van der Waals surface area contributed by atoms with Crippen molar-refractivity contribution in [1.29, 1.82) is 0 Å². The minimum absolute atomic E-state index is 0.0206. The summed E-state index contributed by atoms with van der Waals surface area (Å²) < 4.78 is 41.5. The lowest BCUT2D eigenvalue weighted by Gasteiger charge is -2.29. The molecule has 0 aromatic heterocycles. The van der Waals surface area contributed by atoms with E-state index in [1.165, 1.54) is 6.07 Å². The first-order valence-corrected chi connectivity index (χ1v) is 12.5. The van der Waals surface area contributed by atoms with Crippen molar-refractivity contribution >= 4 is 19.5 Å². The molecule has 0 aliphatic rings. The van der Waals surface area contributed by atoms with Crippen LogP contribution in [0.3, 0.4) is 0 Å². The van der Waals surface area contributed by atoms with Crippen LogP contribution in [0.5, 0.6) is 5.75 Å². The number of rotatable bonds is 18. The van der Waals surface area contributed by atoms with Gasteiger partial charge in [0.1, 0.15) is 18.4 Å². The van der Waals surface area contributed by atoms with Crippen molar-refractivity contribution < 1.29 is 46.9 Å². The first-order chi connectivity index (χ1) is 15.8. The number of nitro benzene ring substituents is 1. The second-order valence-corrected chi connectivity index (χ2v) is 10.3. The molecule has 0 fully saturated rings. The average molecular weight is 509 g/mol. The molecule has 0 spiro atoms. The molecule has 194 valence electrons. The van der Waals surface area contributed by atoms with E-state index in [1.54, 1.807) is 0 Å². The molecule has 2 N–H and O–H groups in total. The fraction of sp³-hybridized carbons (Fsp3) is 0.667. The third-order valence-electron chi connectivity index (χ3n) is 4.61. The van der Waals surface area contributed by atoms with Gasteiger partial charge < -0.3 is 19.2 Å². The van der Waals surface area contributed by atoms with Crippen LogP contribution >= 0.6 is 7.82 Å². The van der Waals surface area contributed by atoms with Gasteiger partial charge in [-0.25, -0.2) is 4.57 Å². The Labute approximate surface area is 198 Å². The fourth-order valence-electron chi connectivity index (χ4n) is 3.17. The van der Waals surface area contributed by atoms with Gasteiger partial charge >= 0.3 is 19.5 Å². The maximum atomic E-state index is 13.5. The zero-order chi connectivity index (χ0) is 25.8. The zero-order valence-corrected chi connectivity index (χ0v) is 20.7.